The van der Waals surface area contributed by atoms with Gasteiger partial charge in [-0.1, -0.05) is 6.92 Å². The Labute approximate surface area is 94.9 Å². The first-order chi connectivity index (χ1) is 7.39. The smallest absolute Gasteiger partial charge is 0.329 e. The van der Waals surface area contributed by atoms with Gasteiger partial charge >= 0.3 is 5.97 Å². The van der Waals surface area contributed by atoms with Crippen LogP contribution in [0.1, 0.15) is 31.7 Å². The number of aryl methyl sites for hydroxylation is 2. The second-order valence-corrected chi connectivity index (χ2v) is 4.06. The van der Waals surface area contributed by atoms with Gasteiger partial charge in [0.05, 0.1) is 11.4 Å². The number of nitrogens with zero attached hydrogens (tertiary/aromatic N) is 2. The number of carboxylic acids is 1. The summed E-state index contributed by atoms with van der Waals surface area (Å²) >= 11 is 0. The quantitative estimate of drug-likeness (QED) is 0.813. The fourth-order valence-corrected chi connectivity index (χ4v) is 1.21. The van der Waals surface area contributed by atoms with E-state index in [2.05, 4.69) is 15.3 Å². The van der Waals surface area contributed by atoms with Gasteiger partial charge in [-0.25, -0.2) is 9.78 Å². The van der Waals surface area contributed by atoms with Crippen LogP contribution < -0.4 is 5.32 Å². The zero-order valence-corrected chi connectivity index (χ0v) is 10.0. The molecule has 1 aromatic heterocycles. The summed E-state index contributed by atoms with van der Waals surface area (Å²) in [5.74, 6) is -0.357. The van der Waals surface area contributed by atoms with Crippen molar-refractivity contribution in [1.29, 1.82) is 0 Å². The normalized spacial score (nSPS) is 14.2. The molecule has 16 heavy (non-hydrogen) atoms. The minimum absolute atomic E-state index is 0.470. The fourth-order valence-electron chi connectivity index (χ4n) is 1.21. The van der Waals surface area contributed by atoms with Crippen molar-refractivity contribution >= 4 is 11.8 Å². The molecule has 0 aliphatic carbocycles. The van der Waals surface area contributed by atoms with Crippen LogP contribution in [0.25, 0.3) is 0 Å². The van der Waals surface area contributed by atoms with Gasteiger partial charge in [0.2, 0.25) is 0 Å². The second kappa shape index (κ2) is 4.47. The Bertz CT molecular complexity index is 406. The van der Waals surface area contributed by atoms with Gasteiger partial charge < -0.3 is 10.4 Å². The molecule has 88 valence electrons. The lowest BCUT2D eigenvalue weighted by molar-refractivity contribution is -0.141. The van der Waals surface area contributed by atoms with Crippen LogP contribution in [0.15, 0.2) is 6.20 Å². The van der Waals surface area contributed by atoms with E-state index in [1.165, 1.54) is 0 Å². The summed E-state index contributed by atoms with van der Waals surface area (Å²) in [4.78, 5) is 19.5. The highest BCUT2D eigenvalue weighted by atomic mass is 16.4. The highest BCUT2D eigenvalue weighted by Gasteiger charge is 2.31. The van der Waals surface area contributed by atoms with Crippen molar-refractivity contribution in [2.45, 2.75) is 39.7 Å². The van der Waals surface area contributed by atoms with E-state index in [0.717, 1.165) is 5.69 Å². The monoisotopic (exact) mass is 223 g/mol. The molecule has 1 unspecified atom stereocenters. The number of rotatable bonds is 4. The summed E-state index contributed by atoms with van der Waals surface area (Å²) in [6.45, 7) is 7.08. The van der Waals surface area contributed by atoms with E-state index in [1.54, 1.807) is 20.0 Å². The zero-order valence-electron chi connectivity index (χ0n) is 10.0. The third-order valence-corrected chi connectivity index (χ3v) is 2.65. The first kappa shape index (κ1) is 12.4. The van der Waals surface area contributed by atoms with Crippen molar-refractivity contribution in [2.24, 2.45) is 0 Å². The Kier molecular flexibility index (Phi) is 3.47. The number of aliphatic carboxylic acids is 1. The minimum Gasteiger partial charge on any atom is -0.480 e. The van der Waals surface area contributed by atoms with Gasteiger partial charge in [-0.3, -0.25) is 4.98 Å². The van der Waals surface area contributed by atoms with Gasteiger partial charge in [0.1, 0.15) is 11.4 Å². The summed E-state index contributed by atoms with van der Waals surface area (Å²) in [5, 5.41) is 12.1. The maximum Gasteiger partial charge on any atom is 0.329 e. The molecule has 1 rings (SSSR count). The van der Waals surface area contributed by atoms with E-state index in [9.17, 15) is 4.79 Å². The molecule has 5 nitrogen and oxygen atoms in total. The third-order valence-electron chi connectivity index (χ3n) is 2.65. The minimum atomic E-state index is -1.01. The van der Waals surface area contributed by atoms with E-state index >= 15 is 0 Å². The number of carboxylic acid groups (broad SMARTS) is 1. The molecule has 0 aliphatic rings. The van der Waals surface area contributed by atoms with Gasteiger partial charge in [-0.2, -0.15) is 0 Å². The Morgan fingerprint density at radius 2 is 2.19 bits per heavy atom. The molecule has 1 heterocycles. The molecular weight excluding hydrogens is 206 g/mol. The zero-order chi connectivity index (χ0) is 12.3. The second-order valence-electron chi connectivity index (χ2n) is 4.06. The van der Waals surface area contributed by atoms with Gasteiger partial charge in [-0.15, -0.1) is 0 Å². The van der Waals surface area contributed by atoms with Crippen LogP contribution >= 0.6 is 0 Å². The van der Waals surface area contributed by atoms with Gasteiger partial charge in [-0.05, 0) is 27.2 Å². The van der Waals surface area contributed by atoms with E-state index in [0.29, 0.717) is 17.9 Å². The lowest BCUT2D eigenvalue weighted by Gasteiger charge is -2.25. The number of anilines is 1. The van der Waals surface area contributed by atoms with E-state index < -0.39 is 11.5 Å². The first-order valence-corrected chi connectivity index (χ1v) is 5.21. The molecule has 0 fully saturated rings. The average molecular weight is 223 g/mol. The molecule has 1 aromatic rings. The molecule has 0 aromatic carbocycles. The number of hydrogen-bond acceptors (Lipinski definition) is 4. The summed E-state index contributed by atoms with van der Waals surface area (Å²) in [6.07, 6.45) is 2.13. The molecule has 0 bridgehead atoms. The van der Waals surface area contributed by atoms with Crippen LogP contribution in [0.3, 0.4) is 0 Å². The van der Waals surface area contributed by atoms with Crippen LogP contribution in [0, 0.1) is 13.8 Å². The highest BCUT2D eigenvalue weighted by Crippen LogP contribution is 2.19. The van der Waals surface area contributed by atoms with Crippen LogP contribution in [0.4, 0.5) is 5.82 Å². The first-order valence-electron chi connectivity index (χ1n) is 5.21. The maximum absolute atomic E-state index is 11.1. The van der Waals surface area contributed by atoms with Crippen molar-refractivity contribution < 1.29 is 9.90 Å². The molecule has 0 spiro atoms. The average Bonchev–Trinajstić information content (AvgIpc) is 2.23. The van der Waals surface area contributed by atoms with Gasteiger partial charge in [0.15, 0.2) is 0 Å². The summed E-state index contributed by atoms with van der Waals surface area (Å²) in [7, 11) is 0. The molecule has 2 N–H and O–H groups in total. The molecule has 0 amide bonds. The fraction of sp³-hybridized carbons (Fsp3) is 0.545. The van der Waals surface area contributed by atoms with Crippen molar-refractivity contribution in [2.75, 3.05) is 5.32 Å². The van der Waals surface area contributed by atoms with Crippen molar-refractivity contribution in [3.63, 3.8) is 0 Å². The van der Waals surface area contributed by atoms with E-state index in [4.69, 9.17) is 5.11 Å². The van der Waals surface area contributed by atoms with Crippen molar-refractivity contribution in [3.8, 4) is 0 Å². The SMILES string of the molecule is CCC(C)(Nc1nc(C)cnc1C)C(=O)O. The predicted molar refractivity (Wildman–Crippen MR) is 61.5 cm³/mol. The van der Waals surface area contributed by atoms with Crippen LogP contribution in [0.5, 0.6) is 0 Å². The summed E-state index contributed by atoms with van der Waals surface area (Å²) in [6, 6.07) is 0. The van der Waals surface area contributed by atoms with Crippen LogP contribution in [-0.2, 0) is 4.79 Å². The number of aromatic nitrogens is 2. The number of hydrogen-bond donors (Lipinski definition) is 2. The Balaban J connectivity index is 3.03. The molecule has 0 saturated heterocycles. The highest BCUT2D eigenvalue weighted by molar-refractivity contribution is 5.81. The number of carbonyl (C=O) groups is 1. The molecule has 0 radical (unpaired) electrons. The standard InChI is InChI=1S/C11H17N3O2/c1-5-11(4,10(15)16)14-9-8(3)12-6-7(2)13-9/h6H,5H2,1-4H3,(H,13,14)(H,15,16). The van der Waals surface area contributed by atoms with Crippen molar-refractivity contribution in [1.82, 2.24) is 9.97 Å². The van der Waals surface area contributed by atoms with Gasteiger partial charge in [0.25, 0.3) is 0 Å². The van der Waals surface area contributed by atoms with E-state index in [1.807, 2.05) is 13.8 Å². The van der Waals surface area contributed by atoms with Crippen LogP contribution in [0.2, 0.25) is 0 Å². The van der Waals surface area contributed by atoms with E-state index in [-0.39, 0.29) is 0 Å². The molecule has 1 atom stereocenters. The van der Waals surface area contributed by atoms with Crippen molar-refractivity contribution in [3.05, 3.63) is 17.6 Å². The molecule has 5 heteroatoms. The largest absolute Gasteiger partial charge is 0.480 e. The third kappa shape index (κ3) is 2.48. The molecule has 0 saturated carbocycles. The number of nitrogens with one attached hydrogen (secondary N) is 1. The topological polar surface area (TPSA) is 75.1 Å². The molecule has 0 aliphatic heterocycles. The van der Waals surface area contributed by atoms with Gasteiger partial charge in [0, 0.05) is 6.20 Å². The molecular formula is C11H17N3O2. The predicted octanol–water partition coefficient (Wildman–Crippen LogP) is 1.76. The Morgan fingerprint density at radius 1 is 1.56 bits per heavy atom. The van der Waals surface area contributed by atoms with Crippen LogP contribution in [-0.4, -0.2) is 26.6 Å². The lowest BCUT2D eigenvalue weighted by Crippen LogP contribution is -2.43. The summed E-state index contributed by atoms with van der Waals surface area (Å²) < 4.78 is 0. The maximum atomic E-state index is 11.1. The summed E-state index contributed by atoms with van der Waals surface area (Å²) in [5.41, 5.74) is 0.455. The Morgan fingerprint density at radius 3 is 2.69 bits per heavy atom. The lowest BCUT2D eigenvalue weighted by atomic mass is 9.99. The Hall–Kier alpha value is -1.65.